The van der Waals surface area contributed by atoms with Gasteiger partial charge in [0.05, 0.1) is 32.3 Å². The molecule has 0 saturated carbocycles. The SMILES string of the molecule is Cc1sc2c(c1C)C(c1ccc(Cl)cc1)=NC(BBBBc1ccccc1CN(C(=O)CCl)c1ccc3c(c1)OCO3)c1nnc(C)n1-2. The first-order valence-corrected chi connectivity index (χ1v) is 17.7. The zero-order chi connectivity index (χ0) is 33.4. The number of hydrogen-bond acceptors (Lipinski definition) is 7. The van der Waals surface area contributed by atoms with E-state index in [0.717, 1.165) is 73.2 Å². The second-order valence-electron chi connectivity index (χ2n) is 12.1. The number of thiophene rings is 1. The number of aromatic nitrogens is 3. The maximum atomic E-state index is 13.0. The molecule has 2 aliphatic rings. The van der Waals surface area contributed by atoms with Gasteiger partial charge in [-0.05, 0) is 56.2 Å². The van der Waals surface area contributed by atoms with E-state index < -0.39 is 0 Å². The molecule has 7 rings (SSSR count). The number of benzene rings is 3. The molecule has 2 aromatic heterocycles. The van der Waals surface area contributed by atoms with E-state index in [1.807, 2.05) is 55.5 Å². The smallest absolute Gasteiger partial charge is 0.242 e. The van der Waals surface area contributed by atoms with E-state index in [4.69, 9.17) is 37.7 Å². The lowest BCUT2D eigenvalue weighted by molar-refractivity contribution is -0.116. The van der Waals surface area contributed by atoms with Gasteiger partial charge in [-0.15, -0.1) is 33.1 Å². The van der Waals surface area contributed by atoms with Crippen LogP contribution >= 0.6 is 34.5 Å². The predicted octanol–water partition coefficient (Wildman–Crippen LogP) is 4.07. The minimum Gasteiger partial charge on any atom is -0.454 e. The van der Waals surface area contributed by atoms with Crippen LogP contribution in [-0.2, 0) is 11.3 Å². The highest BCUT2D eigenvalue weighted by Gasteiger charge is 2.31. The van der Waals surface area contributed by atoms with Crippen molar-refractivity contribution in [3.05, 3.63) is 111 Å². The van der Waals surface area contributed by atoms with Crippen molar-refractivity contribution in [1.82, 2.24) is 14.8 Å². The second-order valence-corrected chi connectivity index (χ2v) is 14.0. The van der Waals surface area contributed by atoms with E-state index in [0.29, 0.717) is 23.1 Å². The predicted molar refractivity (Wildman–Crippen MR) is 202 cm³/mol. The normalized spacial score (nSPS) is 14.4. The third-order valence-electron chi connectivity index (χ3n) is 9.06. The highest BCUT2D eigenvalue weighted by atomic mass is 35.5. The van der Waals surface area contributed by atoms with Gasteiger partial charge in [0.2, 0.25) is 12.7 Å². The second kappa shape index (κ2) is 13.9. The lowest BCUT2D eigenvalue weighted by Gasteiger charge is -2.24. The van der Waals surface area contributed by atoms with Crippen molar-refractivity contribution < 1.29 is 14.3 Å². The summed E-state index contributed by atoms with van der Waals surface area (Å²) in [6, 6.07) is 21.8. The molecule has 48 heavy (non-hydrogen) atoms. The fourth-order valence-electron chi connectivity index (χ4n) is 6.42. The zero-order valence-electron chi connectivity index (χ0n) is 27.0. The number of aliphatic imine (C=N–C) groups is 1. The van der Waals surface area contributed by atoms with Crippen molar-refractivity contribution in [2.75, 3.05) is 17.6 Å². The zero-order valence-corrected chi connectivity index (χ0v) is 29.3. The number of aryl methyl sites for hydroxylation is 2. The number of anilines is 1. The summed E-state index contributed by atoms with van der Waals surface area (Å²) >= 11 is 14.1. The summed E-state index contributed by atoms with van der Waals surface area (Å²) in [7, 11) is 3.55. The van der Waals surface area contributed by atoms with E-state index in [2.05, 4.69) is 46.8 Å². The molecular weight excluding hydrogens is 661 g/mol. The lowest BCUT2D eigenvalue weighted by Crippen LogP contribution is -2.36. The molecule has 4 heterocycles. The van der Waals surface area contributed by atoms with Crippen LogP contribution in [0, 0.1) is 20.8 Å². The summed E-state index contributed by atoms with van der Waals surface area (Å²) in [4.78, 5) is 21.4. The fourth-order valence-corrected chi connectivity index (χ4v) is 7.90. The highest BCUT2D eigenvalue weighted by molar-refractivity contribution is 7.46. The van der Waals surface area contributed by atoms with Crippen LogP contribution in [0.1, 0.15) is 44.7 Å². The minimum atomic E-state index is -0.175. The van der Waals surface area contributed by atoms with Crippen molar-refractivity contribution in [3.8, 4) is 16.5 Å². The molecule has 8 nitrogen and oxygen atoms in total. The summed E-state index contributed by atoms with van der Waals surface area (Å²) in [5.74, 6) is 2.58. The fraction of sp³-hybridized carbons (Fsp3) is 0.212. The maximum Gasteiger partial charge on any atom is 0.242 e. The van der Waals surface area contributed by atoms with E-state index in [-0.39, 0.29) is 24.5 Å². The molecule has 0 spiro atoms. The van der Waals surface area contributed by atoms with Gasteiger partial charge >= 0.3 is 0 Å². The van der Waals surface area contributed by atoms with E-state index >= 15 is 0 Å². The molecule has 5 aromatic rings. The largest absolute Gasteiger partial charge is 0.454 e. The Bertz CT molecular complexity index is 2040. The molecule has 1 atom stereocenters. The molecule has 15 heteroatoms. The van der Waals surface area contributed by atoms with Gasteiger partial charge in [-0.2, -0.15) is 0 Å². The summed E-state index contributed by atoms with van der Waals surface area (Å²) < 4.78 is 13.2. The van der Waals surface area contributed by atoms with E-state index in [9.17, 15) is 4.79 Å². The first-order valence-electron chi connectivity index (χ1n) is 16.0. The summed E-state index contributed by atoms with van der Waals surface area (Å²) in [6.45, 7) is 6.91. The number of ether oxygens (including phenoxy) is 2. The number of hydrogen-bond donors (Lipinski definition) is 0. The Morgan fingerprint density at radius 3 is 2.62 bits per heavy atom. The number of halogens is 2. The van der Waals surface area contributed by atoms with Crippen molar-refractivity contribution in [2.45, 2.75) is 33.3 Å². The van der Waals surface area contributed by atoms with Crippen molar-refractivity contribution >= 4 is 85.8 Å². The Morgan fingerprint density at radius 1 is 1.02 bits per heavy atom. The Morgan fingerprint density at radius 2 is 1.81 bits per heavy atom. The molecule has 0 fully saturated rings. The molecule has 1 amide bonds. The van der Waals surface area contributed by atoms with Crippen molar-refractivity contribution in [3.63, 3.8) is 0 Å². The Kier molecular flexibility index (Phi) is 9.45. The molecule has 2 aliphatic heterocycles. The monoisotopic (exact) mass is 691 g/mol. The molecule has 0 N–H and O–H groups in total. The Balaban J connectivity index is 1.12. The first-order chi connectivity index (χ1) is 23.3. The molecule has 0 bridgehead atoms. The molecule has 1 unspecified atom stereocenters. The quantitative estimate of drug-likeness (QED) is 0.125. The molecule has 0 radical (unpaired) electrons. The van der Waals surface area contributed by atoms with Crippen LogP contribution in [0.5, 0.6) is 11.5 Å². The number of nitrogens with zero attached hydrogens (tertiary/aromatic N) is 5. The van der Waals surface area contributed by atoms with Gasteiger partial charge in [0, 0.05) is 32.8 Å². The van der Waals surface area contributed by atoms with Gasteiger partial charge in [-0.25, -0.2) is 0 Å². The average molecular weight is 692 g/mol. The third kappa shape index (κ3) is 6.31. The van der Waals surface area contributed by atoms with Crippen LogP contribution in [0.15, 0.2) is 71.7 Å². The molecular formula is C33H31B4Cl2N5O3S. The lowest BCUT2D eigenvalue weighted by atomic mass is 9.06. The highest BCUT2D eigenvalue weighted by Crippen LogP contribution is 2.39. The first kappa shape index (κ1) is 32.6. The standard InChI is InChI=1S/C33H31B4Cl2N5O3S/c1-18-19(2)48-33-29(18)30(21-8-10-23(39)11-9-21)40-31(32-42-41-20(3)44(32)33)35-37-36-34-25-7-5-4-6-22(25)16-43(28(45)15-38)24-12-13-26-27(14-24)47-17-46-26/h4-14,31,34-37H,15-17H2,1-3H3. The average Bonchev–Trinajstić information content (AvgIpc) is 3.78. The van der Waals surface area contributed by atoms with Gasteiger partial charge in [0.15, 0.2) is 17.3 Å². The van der Waals surface area contributed by atoms with Gasteiger partial charge in [-0.3, -0.25) is 14.4 Å². The van der Waals surface area contributed by atoms with Crippen LogP contribution in [0.2, 0.25) is 5.02 Å². The van der Waals surface area contributed by atoms with Crippen molar-refractivity contribution in [2.24, 2.45) is 4.99 Å². The minimum absolute atomic E-state index is 0.119. The number of fused-ring (bicyclic) bond motifs is 4. The summed E-state index contributed by atoms with van der Waals surface area (Å²) in [5.41, 5.74) is 7.37. The molecule has 0 aliphatic carbocycles. The van der Waals surface area contributed by atoms with Gasteiger partial charge < -0.3 is 14.4 Å². The maximum absolute atomic E-state index is 13.0. The van der Waals surface area contributed by atoms with Crippen LogP contribution in [0.4, 0.5) is 5.69 Å². The van der Waals surface area contributed by atoms with Gasteiger partial charge in [-0.1, -0.05) is 53.5 Å². The summed E-state index contributed by atoms with van der Waals surface area (Å²) in [5, 5.41) is 11.0. The third-order valence-corrected chi connectivity index (χ3v) is 10.7. The van der Waals surface area contributed by atoms with Crippen LogP contribution < -0.4 is 19.8 Å². The molecule has 3 aromatic carbocycles. The van der Waals surface area contributed by atoms with Crippen molar-refractivity contribution in [1.29, 1.82) is 0 Å². The Labute approximate surface area is 296 Å². The number of rotatable bonds is 10. The molecule has 0 saturated heterocycles. The van der Waals surface area contributed by atoms with E-state index in [1.165, 1.54) is 15.9 Å². The number of alkyl halides is 1. The van der Waals surface area contributed by atoms with E-state index in [1.54, 1.807) is 16.2 Å². The topological polar surface area (TPSA) is 81.8 Å². The molecule has 238 valence electrons. The van der Waals surface area contributed by atoms with Crippen LogP contribution in [-0.4, -0.2) is 67.5 Å². The summed E-state index contributed by atoms with van der Waals surface area (Å²) in [6.07, 6.45) is 0. The van der Waals surface area contributed by atoms with Crippen LogP contribution in [0.25, 0.3) is 5.00 Å². The number of carbonyl (C=O) groups excluding carboxylic acids is 1. The van der Waals surface area contributed by atoms with Crippen LogP contribution in [0.3, 0.4) is 0 Å². The Hall–Kier alpha value is -3.92. The van der Waals surface area contributed by atoms with Gasteiger partial charge in [0.1, 0.15) is 31.0 Å². The number of carbonyl (C=O) groups is 1. The number of amides is 1. The van der Waals surface area contributed by atoms with Gasteiger partial charge in [0.25, 0.3) is 0 Å².